The van der Waals surface area contributed by atoms with E-state index in [0.29, 0.717) is 18.1 Å². The van der Waals surface area contributed by atoms with Crippen LogP contribution in [0, 0.1) is 0 Å². The van der Waals surface area contributed by atoms with E-state index in [0.717, 1.165) is 17.1 Å². The lowest BCUT2D eigenvalue weighted by molar-refractivity contribution is 0.190. The molecule has 0 aliphatic carbocycles. The zero-order valence-electron chi connectivity index (χ0n) is 10.6. The van der Waals surface area contributed by atoms with Crippen molar-refractivity contribution in [3.05, 3.63) is 47.2 Å². The molecule has 2 N–H and O–H groups in total. The molecule has 0 saturated carbocycles. The van der Waals surface area contributed by atoms with Gasteiger partial charge in [0.05, 0.1) is 12.6 Å². The van der Waals surface area contributed by atoms with Gasteiger partial charge in [-0.2, -0.15) is 0 Å². The van der Waals surface area contributed by atoms with Crippen LogP contribution in [0.3, 0.4) is 0 Å². The molecule has 1 unspecified atom stereocenters. The molecule has 19 heavy (non-hydrogen) atoms. The summed E-state index contributed by atoms with van der Waals surface area (Å²) in [5, 5.41) is 13.0. The quantitative estimate of drug-likeness (QED) is 0.888. The van der Waals surface area contributed by atoms with E-state index < -0.39 is 0 Å². The van der Waals surface area contributed by atoms with Crippen molar-refractivity contribution >= 4 is 24.0 Å². The van der Waals surface area contributed by atoms with E-state index in [1.807, 2.05) is 36.4 Å². The Hall–Kier alpha value is -1.00. The fourth-order valence-electron chi connectivity index (χ4n) is 1.65. The SMILES string of the molecule is CC(O)CNCc1ccc(-c2ccc(Cl)cc2)o1.Cl. The van der Waals surface area contributed by atoms with Crippen LogP contribution < -0.4 is 5.32 Å². The maximum atomic E-state index is 9.13. The molecule has 1 heterocycles. The van der Waals surface area contributed by atoms with Gasteiger partial charge in [-0.25, -0.2) is 0 Å². The van der Waals surface area contributed by atoms with Gasteiger partial charge in [0, 0.05) is 17.1 Å². The third-order valence-electron chi connectivity index (χ3n) is 2.53. The number of hydrogen-bond acceptors (Lipinski definition) is 3. The molecule has 0 bridgehead atoms. The van der Waals surface area contributed by atoms with Crippen LogP contribution in [0.4, 0.5) is 0 Å². The Kier molecular flexibility index (Phi) is 6.38. The van der Waals surface area contributed by atoms with Gasteiger partial charge in [-0.1, -0.05) is 11.6 Å². The Bertz CT molecular complexity index is 494. The van der Waals surface area contributed by atoms with Gasteiger partial charge in [-0.05, 0) is 43.3 Å². The van der Waals surface area contributed by atoms with Gasteiger partial charge < -0.3 is 14.8 Å². The van der Waals surface area contributed by atoms with Gasteiger partial charge in [-0.3, -0.25) is 0 Å². The van der Waals surface area contributed by atoms with Crippen LogP contribution in [0.15, 0.2) is 40.8 Å². The third-order valence-corrected chi connectivity index (χ3v) is 2.78. The molecule has 2 aromatic rings. The summed E-state index contributed by atoms with van der Waals surface area (Å²) in [7, 11) is 0. The predicted octanol–water partition coefficient (Wildman–Crippen LogP) is 3.49. The molecule has 1 aromatic carbocycles. The van der Waals surface area contributed by atoms with E-state index in [-0.39, 0.29) is 18.5 Å². The average Bonchev–Trinajstić information content (AvgIpc) is 2.78. The molecule has 0 aliphatic heterocycles. The van der Waals surface area contributed by atoms with Crippen LogP contribution in [0.2, 0.25) is 5.02 Å². The van der Waals surface area contributed by atoms with Crippen molar-refractivity contribution in [2.45, 2.75) is 19.6 Å². The summed E-state index contributed by atoms with van der Waals surface area (Å²) in [4.78, 5) is 0. The first kappa shape index (κ1) is 16.1. The lowest BCUT2D eigenvalue weighted by Gasteiger charge is -2.04. The van der Waals surface area contributed by atoms with Crippen molar-refractivity contribution < 1.29 is 9.52 Å². The normalized spacial score (nSPS) is 11.9. The molecule has 0 spiro atoms. The molecule has 104 valence electrons. The standard InChI is InChI=1S/C14H16ClNO2.ClH/c1-10(17)8-16-9-13-6-7-14(18-13)11-2-4-12(15)5-3-11;/h2-7,10,16-17H,8-9H2,1H3;1H. The summed E-state index contributed by atoms with van der Waals surface area (Å²) in [5.74, 6) is 1.67. The molecule has 0 amide bonds. The highest BCUT2D eigenvalue weighted by Gasteiger charge is 2.05. The Balaban J connectivity index is 0.00000180. The van der Waals surface area contributed by atoms with Crippen molar-refractivity contribution in [2.24, 2.45) is 0 Å². The third kappa shape index (κ3) is 4.88. The minimum Gasteiger partial charge on any atom is -0.460 e. The fourth-order valence-corrected chi connectivity index (χ4v) is 1.77. The zero-order valence-corrected chi connectivity index (χ0v) is 12.2. The Morgan fingerprint density at radius 2 is 1.89 bits per heavy atom. The first-order valence-electron chi connectivity index (χ1n) is 5.88. The molecule has 5 heteroatoms. The molecule has 0 fully saturated rings. The number of rotatable bonds is 5. The van der Waals surface area contributed by atoms with Crippen molar-refractivity contribution in [3.63, 3.8) is 0 Å². The number of halogens is 2. The Labute approximate surface area is 124 Å². The molecule has 3 nitrogen and oxygen atoms in total. The minimum absolute atomic E-state index is 0. The van der Waals surface area contributed by atoms with Crippen LogP contribution in [0.25, 0.3) is 11.3 Å². The van der Waals surface area contributed by atoms with Gasteiger partial charge >= 0.3 is 0 Å². The van der Waals surface area contributed by atoms with E-state index in [2.05, 4.69) is 5.32 Å². The number of nitrogens with one attached hydrogen (secondary N) is 1. The smallest absolute Gasteiger partial charge is 0.134 e. The first-order valence-corrected chi connectivity index (χ1v) is 6.26. The molecule has 1 aromatic heterocycles. The molecule has 0 aliphatic rings. The van der Waals surface area contributed by atoms with Crippen molar-refractivity contribution in [3.8, 4) is 11.3 Å². The van der Waals surface area contributed by atoms with Crippen LogP contribution in [-0.2, 0) is 6.54 Å². The first-order chi connectivity index (χ1) is 8.65. The number of hydrogen-bond donors (Lipinski definition) is 2. The summed E-state index contributed by atoms with van der Waals surface area (Å²) in [6.07, 6.45) is -0.351. The van der Waals surface area contributed by atoms with Crippen LogP contribution in [-0.4, -0.2) is 17.8 Å². The van der Waals surface area contributed by atoms with Crippen LogP contribution in [0.5, 0.6) is 0 Å². The van der Waals surface area contributed by atoms with Crippen molar-refractivity contribution in [1.82, 2.24) is 5.32 Å². The van der Waals surface area contributed by atoms with Gasteiger partial charge in [0.1, 0.15) is 11.5 Å². The zero-order chi connectivity index (χ0) is 13.0. The average molecular weight is 302 g/mol. The molecule has 0 radical (unpaired) electrons. The summed E-state index contributed by atoms with van der Waals surface area (Å²) in [5.41, 5.74) is 1.00. The second kappa shape index (κ2) is 7.56. The molecule has 1 atom stereocenters. The molecule has 2 rings (SSSR count). The largest absolute Gasteiger partial charge is 0.460 e. The summed E-state index contributed by atoms with van der Waals surface area (Å²) >= 11 is 5.84. The van der Waals surface area contributed by atoms with E-state index in [1.54, 1.807) is 6.92 Å². The second-order valence-electron chi connectivity index (χ2n) is 4.25. The topological polar surface area (TPSA) is 45.4 Å². The number of furan rings is 1. The van der Waals surface area contributed by atoms with Gasteiger partial charge in [-0.15, -0.1) is 12.4 Å². The number of benzene rings is 1. The van der Waals surface area contributed by atoms with Gasteiger partial charge in [0.2, 0.25) is 0 Å². The monoisotopic (exact) mass is 301 g/mol. The van der Waals surface area contributed by atoms with Crippen LogP contribution >= 0.6 is 24.0 Å². The highest BCUT2D eigenvalue weighted by molar-refractivity contribution is 6.30. The summed E-state index contributed by atoms with van der Waals surface area (Å²) in [6, 6.07) is 11.4. The summed E-state index contributed by atoms with van der Waals surface area (Å²) < 4.78 is 5.70. The molecular weight excluding hydrogens is 285 g/mol. The Morgan fingerprint density at radius 3 is 2.53 bits per heavy atom. The summed E-state index contributed by atoms with van der Waals surface area (Å²) in [6.45, 7) is 2.91. The van der Waals surface area contributed by atoms with Gasteiger partial charge in [0.25, 0.3) is 0 Å². The second-order valence-corrected chi connectivity index (χ2v) is 4.69. The molecular formula is C14H17Cl2NO2. The fraction of sp³-hybridized carbons (Fsp3) is 0.286. The Morgan fingerprint density at radius 1 is 1.21 bits per heavy atom. The maximum absolute atomic E-state index is 9.13. The van der Waals surface area contributed by atoms with E-state index in [1.165, 1.54) is 0 Å². The number of aliphatic hydroxyl groups excluding tert-OH is 1. The predicted molar refractivity (Wildman–Crippen MR) is 79.8 cm³/mol. The lowest BCUT2D eigenvalue weighted by atomic mass is 10.2. The van der Waals surface area contributed by atoms with E-state index in [4.69, 9.17) is 21.1 Å². The maximum Gasteiger partial charge on any atom is 0.134 e. The minimum atomic E-state index is -0.351. The van der Waals surface area contributed by atoms with Crippen molar-refractivity contribution in [2.75, 3.05) is 6.54 Å². The lowest BCUT2D eigenvalue weighted by Crippen LogP contribution is -2.23. The molecule has 0 saturated heterocycles. The van der Waals surface area contributed by atoms with Gasteiger partial charge in [0.15, 0.2) is 0 Å². The van der Waals surface area contributed by atoms with Crippen molar-refractivity contribution in [1.29, 1.82) is 0 Å². The number of aliphatic hydroxyl groups is 1. The highest BCUT2D eigenvalue weighted by atomic mass is 35.5. The van der Waals surface area contributed by atoms with E-state index >= 15 is 0 Å². The highest BCUT2D eigenvalue weighted by Crippen LogP contribution is 2.23. The van der Waals surface area contributed by atoms with Crippen LogP contribution in [0.1, 0.15) is 12.7 Å². The van der Waals surface area contributed by atoms with E-state index in [9.17, 15) is 0 Å².